The first-order valence-electron chi connectivity index (χ1n) is 6.98. The lowest BCUT2D eigenvalue weighted by molar-refractivity contribution is -0.123. The van der Waals surface area contributed by atoms with E-state index in [1.54, 1.807) is 11.8 Å². The van der Waals surface area contributed by atoms with Gasteiger partial charge in [-0.3, -0.25) is 4.79 Å². The van der Waals surface area contributed by atoms with Crippen molar-refractivity contribution < 1.29 is 4.79 Å². The zero-order valence-corrected chi connectivity index (χ0v) is 11.8. The fourth-order valence-electron chi connectivity index (χ4n) is 3.16. The molecule has 4 heteroatoms. The molecule has 1 aromatic carbocycles. The molecular weight excluding hydrogens is 256 g/mol. The monoisotopic (exact) mass is 276 g/mol. The van der Waals surface area contributed by atoms with Crippen LogP contribution in [0.4, 0.5) is 0 Å². The van der Waals surface area contributed by atoms with Gasteiger partial charge < -0.3 is 11.1 Å². The van der Waals surface area contributed by atoms with Crippen LogP contribution in [0.5, 0.6) is 0 Å². The van der Waals surface area contributed by atoms with Gasteiger partial charge in [0.1, 0.15) is 0 Å². The fourth-order valence-corrected chi connectivity index (χ4v) is 4.39. The quantitative estimate of drug-likeness (QED) is 0.890. The van der Waals surface area contributed by atoms with Gasteiger partial charge >= 0.3 is 0 Å². The third-order valence-electron chi connectivity index (χ3n) is 4.36. The van der Waals surface area contributed by atoms with Gasteiger partial charge in [0.2, 0.25) is 5.91 Å². The van der Waals surface area contributed by atoms with Gasteiger partial charge in [-0.05, 0) is 24.5 Å². The van der Waals surface area contributed by atoms with E-state index in [9.17, 15) is 4.79 Å². The number of fused-ring (bicyclic) bond motifs is 1. The molecule has 1 aliphatic heterocycles. The number of amides is 1. The second-order valence-corrected chi connectivity index (χ2v) is 6.64. The molecule has 0 bridgehead atoms. The number of nitrogens with two attached hydrogens (primary N) is 1. The van der Waals surface area contributed by atoms with Crippen molar-refractivity contribution >= 4 is 17.7 Å². The van der Waals surface area contributed by atoms with E-state index in [-0.39, 0.29) is 17.4 Å². The lowest BCUT2D eigenvalue weighted by Gasteiger charge is -2.30. The molecule has 1 atom stereocenters. The Morgan fingerprint density at radius 3 is 2.84 bits per heavy atom. The summed E-state index contributed by atoms with van der Waals surface area (Å²) in [5.74, 6) is 1.00. The van der Waals surface area contributed by atoms with Crippen molar-refractivity contribution in [3.63, 3.8) is 0 Å². The first kappa shape index (κ1) is 13.0. The van der Waals surface area contributed by atoms with E-state index in [1.807, 2.05) is 12.1 Å². The van der Waals surface area contributed by atoms with Crippen molar-refractivity contribution in [1.82, 2.24) is 5.32 Å². The van der Waals surface area contributed by atoms with Gasteiger partial charge in [0.15, 0.2) is 0 Å². The van der Waals surface area contributed by atoms with Crippen LogP contribution >= 0.6 is 11.8 Å². The van der Waals surface area contributed by atoms with Gasteiger partial charge in [-0.2, -0.15) is 0 Å². The number of hydrogen-bond acceptors (Lipinski definition) is 3. The third-order valence-corrected chi connectivity index (χ3v) is 5.54. The summed E-state index contributed by atoms with van der Waals surface area (Å²) in [6.07, 6.45) is 4.40. The molecule has 3 rings (SSSR count). The van der Waals surface area contributed by atoms with Gasteiger partial charge in [-0.25, -0.2) is 0 Å². The molecule has 0 aromatic heterocycles. The summed E-state index contributed by atoms with van der Waals surface area (Å²) in [7, 11) is 0. The highest BCUT2D eigenvalue weighted by Crippen LogP contribution is 2.40. The fraction of sp³-hybridized carbons (Fsp3) is 0.533. The van der Waals surface area contributed by atoms with Crippen molar-refractivity contribution in [2.75, 3.05) is 12.3 Å². The molecule has 2 aliphatic rings. The summed E-state index contributed by atoms with van der Waals surface area (Å²) >= 11 is 1.78. The number of thioether (sulfide) groups is 1. The Hall–Kier alpha value is -1.00. The van der Waals surface area contributed by atoms with E-state index in [0.29, 0.717) is 6.54 Å². The minimum Gasteiger partial charge on any atom is -0.349 e. The Bertz CT molecular complexity index is 483. The van der Waals surface area contributed by atoms with E-state index >= 15 is 0 Å². The molecule has 3 nitrogen and oxygen atoms in total. The van der Waals surface area contributed by atoms with Gasteiger partial charge in [0.05, 0.1) is 11.5 Å². The number of carbonyl (C=O) groups is 1. The molecule has 1 unspecified atom stereocenters. The SMILES string of the molecule is NCC1(NC(=O)C2CSc3ccccc32)CCCC1. The minimum absolute atomic E-state index is 0.00905. The first-order valence-corrected chi connectivity index (χ1v) is 7.96. The van der Waals surface area contributed by atoms with E-state index in [0.717, 1.165) is 18.6 Å². The topological polar surface area (TPSA) is 55.1 Å². The van der Waals surface area contributed by atoms with Crippen LogP contribution < -0.4 is 11.1 Å². The molecule has 1 fully saturated rings. The van der Waals surface area contributed by atoms with Gasteiger partial charge in [-0.15, -0.1) is 11.8 Å². The molecule has 0 saturated heterocycles. The number of carbonyl (C=O) groups excluding carboxylic acids is 1. The van der Waals surface area contributed by atoms with Crippen LogP contribution in [0, 0.1) is 0 Å². The maximum absolute atomic E-state index is 12.5. The summed E-state index contributed by atoms with van der Waals surface area (Å²) in [4.78, 5) is 13.8. The largest absolute Gasteiger partial charge is 0.349 e. The van der Waals surface area contributed by atoms with E-state index < -0.39 is 0 Å². The Morgan fingerprint density at radius 2 is 2.11 bits per heavy atom. The summed E-state index contributed by atoms with van der Waals surface area (Å²) in [5.41, 5.74) is 6.93. The van der Waals surface area contributed by atoms with E-state index in [1.165, 1.54) is 23.3 Å². The Kier molecular flexibility index (Phi) is 3.54. The van der Waals surface area contributed by atoms with Gasteiger partial charge in [0, 0.05) is 17.2 Å². The second-order valence-electron chi connectivity index (χ2n) is 5.58. The van der Waals surface area contributed by atoms with Crippen molar-refractivity contribution in [2.45, 2.75) is 42.0 Å². The molecule has 1 aliphatic carbocycles. The summed E-state index contributed by atoms with van der Waals surface area (Å²) < 4.78 is 0. The van der Waals surface area contributed by atoms with Crippen LogP contribution in [0.3, 0.4) is 0 Å². The van der Waals surface area contributed by atoms with Crippen molar-refractivity contribution in [3.8, 4) is 0 Å². The first-order chi connectivity index (χ1) is 9.24. The van der Waals surface area contributed by atoms with Crippen LogP contribution in [0.25, 0.3) is 0 Å². The third kappa shape index (κ3) is 2.39. The van der Waals surface area contributed by atoms with Crippen LogP contribution in [-0.4, -0.2) is 23.7 Å². The zero-order valence-electron chi connectivity index (χ0n) is 11.0. The second kappa shape index (κ2) is 5.17. The lowest BCUT2D eigenvalue weighted by Crippen LogP contribution is -2.53. The standard InChI is InChI=1S/C15H20N2OS/c16-10-15(7-3-4-8-15)17-14(18)12-9-19-13-6-2-1-5-11(12)13/h1-2,5-6,12H,3-4,7-10,16H2,(H,17,18). The molecule has 1 saturated carbocycles. The van der Waals surface area contributed by atoms with Gasteiger partial charge in [-0.1, -0.05) is 31.0 Å². The van der Waals surface area contributed by atoms with Crippen LogP contribution in [0.1, 0.15) is 37.2 Å². The average molecular weight is 276 g/mol. The van der Waals surface area contributed by atoms with Crippen LogP contribution in [-0.2, 0) is 4.79 Å². The molecular formula is C15H20N2OS. The molecule has 19 heavy (non-hydrogen) atoms. The Labute approximate surface area is 118 Å². The lowest BCUT2D eigenvalue weighted by atomic mass is 9.94. The Morgan fingerprint density at radius 1 is 1.37 bits per heavy atom. The zero-order chi connectivity index (χ0) is 13.3. The highest BCUT2D eigenvalue weighted by atomic mass is 32.2. The smallest absolute Gasteiger partial charge is 0.228 e. The predicted octanol–water partition coefficient (Wildman–Crippen LogP) is 2.26. The molecule has 3 N–H and O–H groups in total. The Balaban J connectivity index is 1.75. The summed E-state index contributed by atoms with van der Waals surface area (Å²) in [6, 6.07) is 8.22. The highest BCUT2D eigenvalue weighted by molar-refractivity contribution is 7.99. The van der Waals surface area contributed by atoms with E-state index in [4.69, 9.17) is 5.73 Å². The molecule has 1 heterocycles. The predicted molar refractivity (Wildman–Crippen MR) is 78.3 cm³/mol. The van der Waals surface area contributed by atoms with Gasteiger partial charge in [0.25, 0.3) is 0 Å². The van der Waals surface area contributed by atoms with Crippen LogP contribution in [0.15, 0.2) is 29.2 Å². The van der Waals surface area contributed by atoms with Crippen molar-refractivity contribution in [1.29, 1.82) is 0 Å². The van der Waals surface area contributed by atoms with E-state index in [2.05, 4.69) is 17.4 Å². The molecule has 1 aromatic rings. The van der Waals surface area contributed by atoms with Crippen LogP contribution in [0.2, 0.25) is 0 Å². The number of hydrogen-bond donors (Lipinski definition) is 2. The van der Waals surface area contributed by atoms with Crippen molar-refractivity contribution in [2.24, 2.45) is 5.73 Å². The van der Waals surface area contributed by atoms with Crippen molar-refractivity contribution in [3.05, 3.63) is 29.8 Å². The highest BCUT2D eigenvalue weighted by Gasteiger charge is 2.37. The minimum atomic E-state index is -0.140. The summed E-state index contributed by atoms with van der Waals surface area (Å²) in [5, 5.41) is 3.25. The maximum Gasteiger partial charge on any atom is 0.228 e. The average Bonchev–Trinajstić information content (AvgIpc) is 3.05. The number of rotatable bonds is 3. The molecule has 0 radical (unpaired) electrons. The molecule has 0 spiro atoms. The number of nitrogens with one attached hydrogen (secondary N) is 1. The number of benzene rings is 1. The molecule has 102 valence electrons. The maximum atomic E-state index is 12.5. The summed E-state index contributed by atoms with van der Waals surface area (Å²) in [6.45, 7) is 0.556. The molecule has 1 amide bonds. The normalized spacial score (nSPS) is 24.2.